The molecule has 1 fully saturated rings. The van der Waals surface area contributed by atoms with Gasteiger partial charge in [0.25, 0.3) is 0 Å². The first-order valence-corrected chi connectivity index (χ1v) is 7.14. The van der Waals surface area contributed by atoms with E-state index >= 15 is 0 Å². The molecule has 3 nitrogen and oxygen atoms in total. The fourth-order valence-electron chi connectivity index (χ4n) is 2.72. The molecule has 0 saturated carbocycles. The predicted molar refractivity (Wildman–Crippen MR) is 79.4 cm³/mol. The zero-order chi connectivity index (χ0) is 13.9. The van der Waals surface area contributed by atoms with E-state index in [0.717, 1.165) is 38.0 Å². The van der Waals surface area contributed by atoms with Crippen molar-refractivity contribution < 1.29 is 4.79 Å². The second-order valence-electron chi connectivity index (χ2n) is 5.73. The number of rotatable bonds is 3. The van der Waals surface area contributed by atoms with Gasteiger partial charge in [0.05, 0.1) is 5.41 Å². The fourth-order valence-corrected chi connectivity index (χ4v) is 2.72. The normalized spacial score (nSPS) is 23.1. The number of nitrogens with zero attached hydrogens (tertiary/aromatic N) is 1. The maximum absolute atomic E-state index is 12.7. The summed E-state index contributed by atoms with van der Waals surface area (Å²) in [5.74, 6) is 0.212. The maximum atomic E-state index is 12.7. The van der Waals surface area contributed by atoms with Gasteiger partial charge in [0.1, 0.15) is 0 Å². The van der Waals surface area contributed by atoms with Gasteiger partial charge in [-0.25, -0.2) is 0 Å². The Morgan fingerprint density at radius 1 is 1.37 bits per heavy atom. The smallest absolute Gasteiger partial charge is 0.233 e. The van der Waals surface area contributed by atoms with E-state index in [1.165, 1.54) is 5.56 Å². The van der Waals surface area contributed by atoms with Gasteiger partial charge in [0, 0.05) is 19.3 Å². The minimum absolute atomic E-state index is 0.212. The maximum Gasteiger partial charge on any atom is 0.233 e. The van der Waals surface area contributed by atoms with Crippen LogP contribution in [0.4, 0.5) is 5.69 Å². The Kier molecular flexibility index (Phi) is 4.25. The van der Waals surface area contributed by atoms with Crippen molar-refractivity contribution in [3.8, 4) is 0 Å². The number of hydrogen-bond acceptors (Lipinski definition) is 2. The fraction of sp³-hybridized carbons (Fsp3) is 0.562. The Morgan fingerprint density at radius 3 is 2.58 bits per heavy atom. The molecule has 1 saturated heterocycles. The number of benzene rings is 1. The van der Waals surface area contributed by atoms with E-state index in [0.29, 0.717) is 0 Å². The Bertz CT molecular complexity index is 433. The molecule has 1 aliphatic heterocycles. The van der Waals surface area contributed by atoms with Crippen LogP contribution in [0.5, 0.6) is 0 Å². The Hall–Kier alpha value is -1.35. The highest BCUT2D eigenvalue weighted by Gasteiger charge is 2.36. The molecule has 1 heterocycles. The monoisotopic (exact) mass is 260 g/mol. The lowest BCUT2D eigenvalue weighted by atomic mass is 9.81. The average molecular weight is 260 g/mol. The standard InChI is InChI=1S/C16H24N2O/c1-4-13-6-8-14(9-7-13)18(3)15(19)16(2)10-5-11-17-12-16/h6-9,17H,4-5,10-12H2,1-3H3. The number of nitrogens with one attached hydrogen (secondary N) is 1. The number of anilines is 1. The van der Waals surface area contributed by atoms with Crippen molar-refractivity contribution in [2.45, 2.75) is 33.1 Å². The van der Waals surface area contributed by atoms with Gasteiger partial charge in [-0.2, -0.15) is 0 Å². The van der Waals surface area contributed by atoms with Crippen LogP contribution in [-0.4, -0.2) is 26.0 Å². The zero-order valence-corrected chi connectivity index (χ0v) is 12.2. The van der Waals surface area contributed by atoms with Crippen molar-refractivity contribution in [3.63, 3.8) is 0 Å². The summed E-state index contributed by atoms with van der Waals surface area (Å²) in [6.45, 7) is 6.01. The van der Waals surface area contributed by atoms with E-state index in [4.69, 9.17) is 0 Å². The number of piperidine rings is 1. The number of carbonyl (C=O) groups is 1. The highest BCUT2D eigenvalue weighted by Crippen LogP contribution is 2.29. The van der Waals surface area contributed by atoms with Crippen LogP contribution in [0.25, 0.3) is 0 Å². The van der Waals surface area contributed by atoms with Crippen molar-refractivity contribution >= 4 is 11.6 Å². The van der Waals surface area contributed by atoms with Crippen molar-refractivity contribution in [1.29, 1.82) is 0 Å². The summed E-state index contributed by atoms with van der Waals surface area (Å²) in [5.41, 5.74) is 2.01. The highest BCUT2D eigenvalue weighted by atomic mass is 16.2. The van der Waals surface area contributed by atoms with E-state index in [1.54, 1.807) is 4.90 Å². The van der Waals surface area contributed by atoms with Crippen LogP contribution in [0.2, 0.25) is 0 Å². The van der Waals surface area contributed by atoms with Crippen LogP contribution < -0.4 is 10.2 Å². The van der Waals surface area contributed by atoms with Gasteiger partial charge in [0.15, 0.2) is 0 Å². The molecule has 104 valence electrons. The van der Waals surface area contributed by atoms with Crippen LogP contribution in [0.1, 0.15) is 32.3 Å². The molecule has 0 radical (unpaired) electrons. The zero-order valence-electron chi connectivity index (χ0n) is 12.2. The minimum Gasteiger partial charge on any atom is -0.316 e. The van der Waals surface area contributed by atoms with E-state index in [9.17, 15) is 4.79 Å². The first kappa shape index (κ1) is 14.1. The lowest BCUT2D eigenvalue weighted by Crippen LogP contribution is -2.49. The number of hydrogen-bond donors (Lipinski definition) is 1. The third kappa shape index (κ3) is 2.98. The van der Waals surface area contributed by atoms with Gasteiger partial charge < -0.3 is 10.2 Å². The van der Waals surface area contributed by atoms with Crippen molar-refractivity contribution in [3.05, 3.63) is 29.8 Å². The summed E-state index contributed by atoms with van der Waals surface area (Å²) >= 11 is 0. The number of carbonyl (C=O) groups excluding carboxylic acids is 1. The summed E-state index contributed by atoms with van der Waals surface area (Å²) in [4.78, 5) is 14.5. The van der Waals surface area contributed by atoms with Gasteiger partial charge in [-0.15, -0.1) is 0 Å². The first-order chi connectivity index (χ1) is 9.07. The molecule has 1 aromatic rings. The molecule has 1 aromatic carbocycles. The lowest BCUT2D eigenvalue weighted by molar-refractivity contribution is -0.128. The Balaban J connectivity index is 2.13. The van der Waals surface area contributed by atoms with Gasteiger partial charge in [-0.1, -0.05) is 19.1 Å². The van der Waals surface area contributed by atoms with Crippen LogP contribution in [0.15, 0.2) is 24.3 Å². The molecule has 0 aliphatic carbocycles. The molecule has 0 aromatic heterocycles. The first-order valence-electron chi connectivity index (χ1n) is 7.14. The molecule has 3 heteroatoms. The third-order valence-electron chi connectivity index (χ3n) is 4.15. The summed E-state index contributed by atoms with van der Waals surface area (Å²) < 4.78 is 0. The second-order valence-corrected chi connectivity index (χ2v) is 5.73. The average Bonchev–Trinajstić information content (AvgIpc) is 2.46. The topological polar surface area (TPSA) is 32.3 Å². The summed E-state index contributed by atoms with van der Waals surface area (Å²) in [6, 6.07) is 8.27. The molecule has 1 N–H and O–H groups in total. The molecule has 1 unspecified atom stereocenters. The van der Waals surface area contributed by atoms with Crippen LogP contribution in [0, 0.1) is 5.41 Å². The Labute approximate surface area is 116 Å². The summed E-state index contributed by atoms with van der Waals surface area (Å²) in [6.07, 6.45) is 3.07. The second kappa shape index (κ2) is 5.74. The molecular formula is C16H24N2O. The van der Waals surface area contributed by atoms with Crippen molar-refractivity contribution in [1.82, 2.24) is 5.32 Å². The molecule has 0 spiro atoms. The number of aryl methyl sites for hydroxylation is 1. The number of amides is 1. The highest BCUT2D eigenvalue weighted by molar-refractivity contribution is 5.97. The molecule has 2 rings (SSSR count). The predicted octanol–water partition coefficient (Wildman–Crippen LogP) is 2.60. The van der Waals surface area contributed by atoms with E-state index in [2.05, 4.69) is 31.3 Å². The largest absolute Gasteiger partial charge is 0.316 e. The Morgan fingerprint density at radius 2 is 2.05 bits per heavy atom. The van der Waals surface area contributed by atoms with Crippen LogP contribution in [-0.2, 0) is 11.2 Å². The minimum atomic E-state index is -0.267. The molecule has 1 amide bonds. The molecule has 0 bridgehead atoms. The molecule has 1 atom stereocenters. The van der Waals surface area contributed by atoms with Crippen molar-refractivity contribution in [2.75, 3.05) is 25.0 Å². The van der Waals surface area contributed by atoms with Gasteiger partial charge in [-0.3, -0.25) is 4.79 Å². The molecular weight excluding hydrogens is 236 g/mol. The van der Waals surface area contributed by atoms with E-state index in [1.807, 2.05) is 19.2 Å². The molecule has 1 aliphatic rings. The van der Waals surface area contributed by atoms with E-state index < -0.39 is 0 Å². The lowest BCUT2D eigenvalue weighted by Gasteiger charge is -2.36. The van der Waals surface area contributed by atoms with Crippen LogP contribution in [0.3, 0.4) is 0 Å². The SMILES string of the molecule is CCc1ccc(N(C)C(=O)C2(C)CCCNC2)cc1. The van der Waals surface area contributed by atoms with Crippen LogP contribution >= 0.6 is 0 Å². The third-order valence-corrected chi connectivity index (χ3v) is 4.15. The van der Waals surface area contributed by atoms with Gasteiger partial charge in [-0.05, 0) is 50.4 Å². The van der Waals surface area contributed by atoms with Gasteiger partial charge >= 0.3 is 0 Å². The quantitative estimate of drug-likeness (QED) is 0.906. The van der Waals surface area contributed by atoms with E-state index in [-0.39, 0.29) is 11.3 Å². The van der Waals surface area contributed by atoms with Gasteiger partial charge in [0.2, 0.25) is 5.91 Å². The summed E-state index contributed by atoms with van der Waals surface area (Å²) in [5, 5.41) is 3.33. The molecule has 19 heavy (non-hydrogen) atoms. The van der Waals surface area contributed by atoms with Crippen molar-refractivity contribution in [2.24, 2.45) is 5.41 Å². The summed E-state index contributed by atoms with van der Waals surface area (Å²) in [7, 11) is 1.88.